The minimum atomic E-state index is -0.241. The Hall–Kier alpha value is -7.60. The Bertz CT molecular complexity index is 4390. The molecule has 371 valence electrons. The fourth-order valence-corrected chi connectivity index (χ4v) is 14.0. The van der Waals surface area contributed by atoms with E-state index in [0.29, 0.717) is 0 Å². The number of hydrogen-bond donors (Lipinski definition) is 1. The molecule has 3 aromatic heterocycles. The zero-order valence-electron chi connectivity index (χ0n) is 45.5. The highest BCUT2D eigenvalue weighted by Crippen LogP contribution is 2.55. The molecule has 0 fully saturated rings. The molecule has 0 unspecified atom stereocenters. The highest BCUT2D eigenvalue weighted by molar-refractivity contribution is 7.23. The number of thiophene rings is 1. The SMILES string of the molecule is CC(C)(C)c1ccc(Nc2cc3c(cc2-c2c4c5c(c6cc(C(C)(C)C)ccc6n5-c5cc6c(-c7ccccc7)c(-c7ccccc7)sc6cc5[B]4)c4c2oc2ccccc24)-c2ccc(C(C)(C)C)cc2C3(C)C)cc1. The number of rotatable bonds is 5. The number of nitrogens with one attached hydrogen (secondary N) is 1. The minimum Gasteiger partial charge on any atom is -0.455 e. The molecule has 0 saturated heterocycles. The van der Waals surface area contributed by atoms with Gasteiger partial charge >= 0.3 is 0 Å². The molecule has 0 spiro atoms. The second-order valence-electron chi connectivity index (χ2n) is 25.3. The first-order valence-electron chi connectivity index (χ1n) is 27.1. The van der Waals surface area contributed by atoms with Gasteiger partial charge in [0.25, 0.3) is 0 Å². The second-order valence-corrected chi connectivity index (χ2v) is 26.3. The molecule has 0 saturated carbocycles. The molecule has 1 aliphatic carbocycles. The van der Waals surface area contributed by atoms with Crippen molar-refractivity contribution in [1.29, 1.82) is 0 Å². The summed E-state index contributed by atoms with van der Waals surface area (Å²) in [6, 6.07) is 64.1. The van der Waals surface area contributed by atoms with Crippen LogP contribution in [-0.4, -0.2) is 11.8 Å². The van der Waals surface area contributed by atoms with Gasteiger partial charge in [-0.1, -0.05) is 197 Å². The van der Waals surface area contributed by atoms with Crippen molar-refractivity contribution in [3.8, 4) is 49.5 Å². The van der Waals surface area contributed by atoms with Crippen LogP contribution >= 0.6 is 11.3 Å². The molecule has 0 bridgehead atoms. The predicted octanol–water partition coefficient (Wildman–Crippen LogP) is 18.8. The molecule has 14 rings (SSSR count). The lowest BCUT2D eigenvalue weighted by molar-refractivity contribution is 0.584. The van der Waals surface area contributed by atoms with E-state index in [0.717, 1.165) is 49.9 Å². The third-order valence-corrected chi connectivity index (χ3v) is 18.1. The van der Waals surface area contributed by atoms with Crippen molar-refractivity contribution in [3.05, 3.63) is 198 Å². The van der Waals surface area contributed by atoms with E-state index in [1.54, 1.807) is 0 Å². The molecule has 12 aromatic rings. The highest BCUT2D eigenvalue weighted by Gasteiger charge is 2.39. The van der Waals surface area contributed by atoms with Crippen molar-refractivity contribution in [2.75, 3.05) is 5.32 Å². The van der Waals surface area contributed by atoms with E-state index in [1.807, 2.05) is 11.3 Å². The van der Waals surface area contributed by atoms with Crippen LogP contribution in [0.25, 0.3) is 103 Å². The topological polar surface area (TPSA) is 30.1 Å². The summed E-state index contributed by atoms with van der Waals surface area (Å²) >= 11 is 1.89. The average molecular weight is 1000 g/mol. The van der Waals surface area contributed by atoms with Crippen molar-refractivity contribution in [2.24, 2.45) is 0 Å². The second kappa shape index (κ2) is 16.2. The predicted molar refractivity (Wildman–Crippen MR) is 328 cm³/mol. The van der Waals surface area contributed by atoms with Crippen LogP contribution in [0.1, 0.15) is 104 Å². The summed E-state index contributed by atoms with van der Waals surface area (Å²) in [6.07, 6.45) is 0. The number of para-hydroxylation sites is 1. The van der Waals surface area contributed by atoms with Gasteiger partial charge in [0.1, 0.15) is 11.2 Å². The van der Waals surface area contributed by atoms with Crippen molar-refractivity contribution >= 4 is 94.7 Å². The van der Waals surface area contributed by atoms with Gasteiger partial charge in [-0.25, -0.2) is 0 Å². The van der Waals surface area contributed by atoms with Crippen LogP contribution in [0.4, 0.5) is 11.4 Å². The highest BCUT2D eigenvalue weighted by atomic mass is 32.1. The van der Waals surface area contributed by atoms with Crippen LogP contribution in [0.5, 0.6) is 0 Å². The van der Waals surface area contributed by atoms with Gasteiger partial charge in [0, 0.05) is 81.2 Å². The Kier molecular flexibility index (Phi) is 10.0. The molecular formula is C71H62BN2OS. The average Bonchev–Trinajstić information content (AvgIpc) is 4.31. The quantitative estimate of drug-likeness (QED) is 0.174. The third-order valence-electron chi connectivity index (χ3n) is 16.9. The number of aromatic nitrogens is 1. The van der Waals surface area contributed by atoms with E-state index < -0.39 is 0 Å². The zero-order chi connectivity index (χ0) is 52.4. The maximum absolute atomic E-state index is 7.43. The largest absolute Gasteiger partial charge is 0.455 e. The van der Waals surface area contributed by atoms with E-state index in [4.69, 9.17) is 4.42 Å². The van der Waals surface area contributed by atoms with Crippen LogP contribution in [-0.2, 0) is 21.7 Å². The van der Waals surface area contributed by atoms with Crippen LogP contribution < -0.4 is 16.2 Å². The van der Waals surface area contributed by atoms with Crippen LogP contribution in [0.3, 0.4) is 0 Å². The van der Waals surface area contributed by atoms with Crippen LogP contribution in [0, 0.1) is 0 Å². The smallest absolute Gasteiger partial charge is 0.198 e. The van der Waals surface area contributed by atoms with Gasteiger partial charge in [-0.05, 0) is 126 Å². The number of nitrogens with zero attached hydrogens (tertiary/aromatic N) is 1. The Morgan fingerprint density at radius 1 is 0.526 bits per heavy atom. The van der Waals surface area contributed by atoms with Gasteiger partial charge in [0.15, 0.2) is 7.28 Å². The van der Waals surface area contributed by atoms with E-state index in [-0.39, 0.29) is 21.7 Å². The first-order valence-corrected chi connectivity index (χ1v) is 27.9. The fourth-order valence-electron chi connectivity index (χ4n) is 12.7. The van der Waals surface area contributed by atoms with Gasteiger partial charge in [0.2, 0.25) is 0 Å². The monoisotopic (exact) mass is 1000 g/mol. The van der Waals surface area contributed by atoms with Gasteiger partial charge in [-0.15, -0.1) is 11.3 Å². The van der Waals surface area contributed by atoms with Gasteiger partial charge in [0.05, 0.1) is 5.52 Å². The lowest BCUT2D eigenvalue weighted by atomic mass is 9.58. The third kappa shape index (κ3) is 7.00. The molecule has 0 amide bonds. The number of furan rings is 1. The van der Waals surface area contributed by atoms with Crippen LogP contribution in [0.2, 0.25) is 0 Å². The molecule has 9 aromatic carbocycles. The number of hydrogen-bond acceptors (Lipinski definition) is 3. The molecule has 2 aliphatic rings. The lowest BCUT2D eigenvalue weighted by Gasteiger charge is -2.27. The molecule has 76 heavy (non-hydrogen) atoms. The molecule has 3 nitrogen and oxygen atoms in total. The van der Waals surface area contributed by atoms with Gasteiger partial charge in [-0.2, -0.15) is 0 Å². The summed E-state index contributed by atoms with van der Waals surface area (Å²) in [5.41, 5.74) is 24.8. The minimum absolute atomic E-state index is 0.0150. The summed E-state index contributed by atoms with van der Waals surface area (Å²) in [5.74, 6) is 0. The molecular weight excluding hydrogens is 940 g/mol. The number of benzene rings is 9. The Morgan fingerprint density at radius 3 is 1.87 bits per heavy atom. The van der Waals surface area contributed by atoms with Gasteiger partial charge < -0.3 is 14.3 Å². The lowest BCUT2D eigenvalue weighted by Crippen LogP contribution is -2.37. The molecule has 1 aliphatic heterocycles. The van der Waals surface area contributed by atoms with Crippen molar-refractivity contribution < 1.29 is 4.42 Å². The fraction of sp³-hybridized carbons (Fsp3) is 0.211. The van der Waals surface area contributed by atoms with E-state index in [1.165, 1.54) is 104 Å². The first-order chi connectivity index (χ1) is 36.3. The maximum atomic E-state index is 7.43. The Labute approximate surface area is 451 Å². The van der Waals surface area contributed by atoms with Crippen molar-refractivity contribution in [2.45, 2.75) is 97.8 Å². The normalized spacial score (nSPS) is 13.9. The summed E-state index contributed by atoms with van der Waals surface area (Å²) in [6.45, 7) is 25.6. The number of anilines is 2. The van der Waals surface area contributed by atoms with E-state index in [9.17, 15) is 0 Å². The number of fused-ring (bicyclic) bond motifs is 13. The summed E-state index contributed by atoms with van der Waals surface area (Å²) < 4.78 is 11.3. The molecule has 4 heterocycles. The summed E-state index contributed by atoms with van der Waals surface area (Å²) in [5, 5.41) is 10.1. The van der Waals surface area contributed by atoms with Crippen LogP contribution in [0.15, 0.2) is 174 Å². The Morgan fingerprint density at radius 2 is 1.16 bits per heavy atom. The standard InChI is InChI=1S/C71H62BN2OS/c1-68(2,3)42-26-30-45(31-27-42)73-55-38-53-48(46-32-28-44(70(7,8)9)35-52(46)71(53,10)11)36-49(55)63-64-65-61(62-47-24-18-19-25-58(47)75-66(62)63)50-34-43(69(4,5)6)29-33-56(50)74(65)57-37-51-59(39-54(57)72-64)76-67(41-22-16-13-17-23-41)60(51)40-20-14-12-15-21-40/h12-39,73H,1-11H3. The van der Waals surface area contributed by atoms with Crippen molar-refractivity contribution in [3.63, 3.8) is 0 Å². The van der Waals surface area contributed by atoms with Gasteiger partial charge in [-0.3, -0.25) is 0 Å². The van der Waals surface area contributed by atoms with E-state index in [2.05, 4.69) is 263 Å². The molecule has 0 atom stereocenters. The zero-order valence-corrected chi connectivity index (χ0v) is 46.3. The van der Waals surface area contributed by atoms with Crippen molar-refractivity contribution in [1.82, 2.24) is 4.57 Å². The molecule has 5 heteroatoms. The van der Waals surface area contributed by atoms with E-state index >= 15 is 0 Å². The Balaban J connectivity index is 1.13. The first kappa shape index (κ1) is 46.9. The molecule has 1 radical (unpaired) electrons. The maximum Gasteiger partial charge on any atom is 0.198 e. The summed E-state index contributed by atoms with van der Waals surface area (Å²) in [4.78, 5) is 1.28. The summed E-state index contributed by atoms with van der Waals surface area (Å²) in [7, 11) is 2.50. The molecule has 1 N–H and O–H groups in total.